The fraction of sp³-hybridized carbons (Fsp3) is 0.400. The summed E-state index contributed by atoms with van der Waals surface area (Å²) in [5.74, 6) is 0.574. The number of β-amino-alcohol motifs (C(OH)–C–C–N with tert-alkyl or cyclic N) is 1. The maximum atomic E-state index is 11.5. The monoisotopic (exact) mass is 369 g/mol. The van der Waals surface area contributed by atoms with Gasteiger partial charge < -0.3 is 26.0 Å². The fourth-order valence-electron chi connectivity index (χ4n) is 3.15. The van der Waals surface area contributed by atoms with Gasteiger partial charge in [-0.3, -0.25) is 4.79 Å². The van der Waals surface area contributed by atoms with Gasteiger partial charge in [0.25, 0.3) is 0 Å². The number of benzene rings is 1. The Morgan fingerprint density at radius 3 is 2.44 bits per heavy atom. The molecular formula is C20H27N5O2. The molecule has 1 amide bonds. The third-order valence-corrected chi connectivity index (χ3v) is 4.73. The van der Waals surface area contributed by atoms with Gasteiger partial charge in [-0.05, 0) is 31.5 Å². The number of hydrogen-bond donors (Lipinski definition) is 4. The molecule has 0 saturated carbocycles. The van der Waals surface area contributed by atoms with Gasteiger partial charge in [0.05, 0.1) is 29.2 Å². The summed E-state index contributed by atoms with van der Waals surface area (Å²) in [6.45, 7) is 7.03. The topological polar surface area (TPSA) is 89.5 Å². The molecule has 144 valence electrons. The molecule has 0 bridgehead atoms. The smallest absolute Gasteiger partial charge is 0.221 e. The quantitative estimate of drug-likeness (QED) is 0.626. The van der Waals surface area contributed by atoms with Crippen molar-refractivity contribution in [2.75, 3.05) is 41.0 Å². The molecule has 27 heavy (non-hydrogen) atoms. The van der Waals surface area contributed by atoms with Crippen LogP contribution in [-0.4, -0.2) is 42.2 Å². The Labute approximate surface area is 159 Å². The molecule has 1 aromatic heterocycles. The van der Waals surface area contributed by atoms with Gasteiger partial charge in [-0.1, -0.05) is 12.1 Å². The summed E-state index contributed by atoms with van der Waals surface area (Å²) >= 11 is 0. The van der Waals surface area contributed by atoms with Crippen LogP contribution in [0.1, 0.15) is 26.3 Å². The number of anilines is 4. The Hall–Kier alpha value is -2.80. The molecular weight excluding hydrogens is 342 g/mol. The zero-order valence-electron chi connectivity index (χ0n) is 16.2. The van der Waals surface area contributed by atoms with E-state index in [2.05, 4.69) is 63.9 Å². The minimum atomic E-state index is -0.368. The van der Waals surface area contributed by atoms with Crippen molar-refractivity contribution in [2.45, 2.75) is 32.4 Å². The van der Waals surface area contributed by atoms with E-state index in [0.717, 1.165) is 16.9 Å². The van der Waals surface area contributed by atoms with E-state index in [-0.39, 0.29) is 17.6 Å². The van der Waals surface area contributed by atoms with Crippen LogP contribution in [0.3, 0.4) is 0 Å². The van der Waals surface area contributed by atoms with Crippen LogP contribution in [0.25, 0.3) is 0 Å². The Morgan fingerprint density at radius 2 is 1.89 bits per heavy atom. The molecule has 1 saturated heterocycles. The second-order valence-corrected chi connectivity index (χ2v) is 7.40. The van der Waals surface area contributed by atoms with Crippen molar-refractivity contribution in [3.63, 3.8) is 0 Å². The van der Waals surface area contributed by atoms with Crippen molar-refractivity contribution in [1.82, 2.24) is 4.98 Å². The minimum Gasteiger partial charge on any atom is -0.389 e. The van der Waals surface area contributed by atoms with E-state index in [4.69, 9.17) is 0 Å². The Morgan fingerprint density at radius 1 is 1.22 bits per heavy atom. The van der Waals surface area contributed by atoms with Gasteiger partial charge in [0.2, 0.25) is 5.91 Å². The van der Waals surface area contributed by atoms with Crippen LogP contribution < -0.4 is 20.9 Å². The summed E-state index contributed by atoms with van der Waals surface area (Å²) in [4.78, 5) is 17.9. The number of amides is 1. The SMILES string of the molecule is CNc1cc(NC(C)(C)c2ccc(N3CC(O)C3)cc2)c(NC(C)=O)cn1. The lowest BCUT2D eigenvalue weighted by atomic mass is 9.93. The van der Waals surface area contributed by atoms with Gasteiger partial charge >= 0.3 is 0 Å². The Balaban J connectivity index is 1.81. The predicted octanol–water partition coefficient (Wildman–Crippen LogP) is 2.61. The van der Waals surface area contributed by atoms with Crippen LogP contribution >= 0.6 is 0 Å². The van der Waals surface area contributed by atoms with E-state index in [9.17, 15) is 9.90 Å². The third kappa shape index (κ3) is 4.31. The summed E-state index contributed by atoms with van der Waals surface area (Å²) in [5.41, 5.74) is 3.29. The highest BCUT2D eigenvalue weighted by atomic mass is 16.3. The second-order valence-electron chi connectivity index (χ2n) is 7.40. The summed E-state index contributed by atoms with van der Waals surface area (Å²) in [6.07, 6.45) is 1.42. The summed E-state index contributed by atoms with van der Waals surface area (Å²) < 4.78 is 0. The van der Waals surface area contributed by atoms with Gasteiger partial charge in [0.1, 0.15) is 5.82 Å². The van der Waals surface area contributed by atoms with Crippen molar-refractivity contribution in [3.8, 4) is 0 Å². The summed E-state index contributed by atoms with van der Waals surface area (Å²) in [6, 6.07) is 10.2. The molecule has 3 rings (SSSR count). The van der Waals surface area contributed by atoms with Gasteiger partial charge in [-0.15, -0.1) is 0 Å². The van der Waals surface area contributed by atoms with Gasteiger partial charge in [-0.25, -0.2) is 4.98 Å². The number of pyridine rings is 1. The first-order valence-corrected chi connectivity index (χ1v) is 9.05. The standard InChI is InChI=1S/C20H27N5O2/c1-13(26)23-18-10-22-19(21-4)9-17(18)24-20(2,3)14-5-7-15(8-6-14)25-11-16(27)12-25/h5-10,16,27H,11-12H2,1-4H3,(H,23,26)(H2,21,22,24). The Kier molecular flexibility index (Phi) is 5.23. The highest BCUT2D eigenvalue weighted by Gasteiger charge is 2.26. The molecule has 2 aromatic rings. The first-order chi connectivity index (χ1) is 12.8. The number of carbonyl (C=O) groups excluding carboxylic acids is 1. The van der Waals surface area contributed by atoms with Gasteiger partial charge in [0, 0.05) is 38.8 Å². The number of aliphatic hydroxyl groups excluding tert-OH is 1. The molecule has 0 unspecified atom stereocenters. The number of nitrogens with zero attached hydrogens (tertiary/aromatic N) is 2. The first-order valence-electron chi connectivity index (χ1n) is 9.05. The molecule has 2 heterocycles. The highest BCUT2D eigenvalue weighted by molar-refractivity contribution is 5.92. The van der Waals surface area contributed by atoms with E-state index >= 15 is 0 Å². The normalized spacial score (nSPS) is 14.5. The molecule has 7 heteroatoms. The van der Waals surface area contributed by atoms with Gasteiger partial charge in [0.15, 0.2) is 0 Å². The fourth-order valence-corrected chi connectivity index (χ4v) is 3.15. The van der Waals surface area contributed by atoms with Crippen molar-refractivity contribution >= 4 is 28.8 Å². The van der Waals surface area contributed by atoms with Crippen LogP contribution in [0, 0.1) is 0 Å². The van der Waals surface area contributed by atoms with Crippen molar-refractivity contribution in [1.29, 1.82) is 0 Å². The minimum absolute atomic E-state index is 0.143. The van der Waals surface area contributed by atoms with Crippen molar-refractivity contribution in [2.24, 2.45) is 0 Å². The van der Waals surface area contributed by atoms with E-state index in [1.807, 2.05) is 6.07 Å². The van der Waals surface area contributed by atoms with Gasteiger partial charge in [-0.2, -0.15) is 0 Å². The molecule has 0 aliphatic carbocycles. The summed E-state index contributed by atoms with van der Waals surface area (Å²) in [5, 5.41) is 18.8. The average Bonchev–Trinajstić information content (AvgIpc) is 2.60. The number of carbonyl (C=O) groups is 1. The molecule has 0 radical (unpaired) electrons. The molecule has 4 N–H and O–H groups in total. The maximum Gasteiger partial charge on any atom is 0.221 e. The van der Waals surface area contributed by atoms with Crippen LogP contribution in [0.5, 0.6) is 0 Å². The predicted molar refractivity (Wildman–Crippen MR) is 109 cm³/mol. The number of hydrogen-bond acceptors (Lipinski definition) is 6. The number of aliphatic hydroxyl groups is 1. The van der Waals surface area contributed by atoms with Crippen molar-refractivity contribution < 1.29 is 9.90 Å². The maximum absolute atomic E-state index is 11.5. The molecule has 1 aliphatic heterocycles. The number of aromatic nitrogens is 1. The molecule has 0 atom stereocenters. The highest BCUT2D eigenvalue weighted by Crippen LogP contribution is 2.32. The van der Waals surface area contributed by atoms with Crippen LogP contribution in [0.2, 0.25) is 0 Å². The second kappa shape index (κ2) is 7.44. The summed E-state index contributed by atoms with van der Waals surface area (Å²) in [7, 11) is 1.81. The lowest BCUT2D eigenvalue weighted by Gasteiger charge is -2.38. The van der Waals surface area contributed by atoms with Crippen LogP contribution in [0.4, 0.5) is 22.9 Å². The number of nitrogens with one attached hydrogen (secondary N) is 3. The average molecular weight is 369 g/mol. The lowest BCUT2D eigenvalue weighted by Crippen LogP contribution is -2.50. The van der Waals surface area contributed by atoms with E-state index in [1.165, 1.54) is 6.92 Å². The van der Waals surface area contributed by atoms with E-state index in [0.29, 0.717) is 24.6 Å². The van der Waals surface area contributed by atoms with E-state index < -0.39 is 0 Å². The Bertz CT molecular complexity index is 814. The first kappa shape index (κ1) is 19.0. The lowest BCUT2D eigenvalue weighted by molar-refractivity contribution is -0.114. The molecule has 1 aromatic carbocycles. The molecule has 1 fully saturated rings. The van der Waals surface area contributed by atoms with Crippen LogP contribution in [-0.2, 0) is 10.3 Å². The zero-order chi connectivity index (χ0) is 19.6. The third-order valence-electron chi connectivity index (χ3n) is 4.73. The molecule has 0 spiro atoms. The zero-order valence-corrected chi connectivity index (χ0v) is 16.2. The number of rotatable bonds is 6. The van der Waals surface area contributed by atoms with Crippen molar-refractivity contribution in [3.05, 3.63) is 42.1 Å². The van der Waals surface area contributed by atoms with E-state index in [1.54, 1.807) is 13.2 Å². The molecule has 1 aliphatic rings. The van der Waals surface area contributed by atoms with Crippen LogP contribution in [0.15, 0.2) is 36.5 Å². The molecule has 7 nitrogen and oxygen atoms in total. The largest absolute Gasteiger partial charge is 0.389 e.